The molecular weight excluding hydrogens is 226 g/mol. The molecule has 0 saturated carbocycles. The number of esters is 1. The van der Waals surface area contributed by atoms with Gasteiger partial charge in [-0.3, -0.25) is 0 Å². The Morgan fingerprint density at radius 1 is 1.62 bits per heavy atom. The topological polar surface area (TPSA) is 52.3 Å². The summed E-state index contributed by atoms with van der Waals surface area (Å²) in [4.78, 5) is 11.7. The van der Waals surface area contributed by atoms with Crippen LogP contribution in [0.15, 0.2) is 21.3 Å². The summed E-state index contributed by atoms with van der Waals surface area (Å²) >= 11 is 1.54. The number of rotatable bonds is 3. The molecule has 0 aliphatic carbocycles. The summed E-state index contributed by atoms with van der Waals surface area (Å²) in [5, 5.41) is 7.73. The van der Waals surface area contributed by atoms with E-state index in [0.717, 1.165) is 5.56 Å². The third-order valence-corrected chi connectivity index (χ3v) is 2.82. The molecule has 0 atom stereocenters. The minimum atomic E-state index is -0.387. The fraction of sp³-hybridized carbons (Fsp3) is 0.273. The third kappa shape index (κ3) is 1.86. The lowest BCUT2D eigenvalue weighted by atomic mass is 10.1. The van der Waals surface area contributed by atoms with E-state index in [4.69, 9.17) is 9.26 Å². The Morgan fingerprint density at radius 2 is 2.44 bits per heavy atom. The Morgan fingerprint density at radius 3 is 3.06 bits per heavy atom. The quantitative estimate of drug-likeness (QED) is 0.770. The fourth-order valence-electron chi connectivity index (χ4n) is 1.41. The maximum atomic E-state index is 11.7. The van der Waals surface area contributed by atoms with Crippen LogP contribution in [0.25, 0.3) is 11.3 Å². The molecule has 0 spiro atoms. The number of thiophene rings is 1. The number of ether oxygens (including phenoxy) is 1. The van der Waals surface area contributed by atoms with Crippen molar-refractivity contribution in [2.75, 3.05) is 6.61 Å². The van der Waals surface area contributed by atoms with Crippen LogP contribution >= 0.6 is 11.3 Å². The fourth-order valence-corrected chi connectivity index (χ4v) is 2.05. The van der Waals surface area contributed by atoms with E-state index in [1.54, 1.807) is 25.2 Å². The number of hydrogen-bond donors (Lipinski definition) is 0. The van der Waals surface area contributed by atoms with Crippen LogP contribution in [-0.2, 0) is 4.74 Å². The summed E-state index contributed by atoms with van der Waals surface area (Å²) in [6.45, 7) is 3.81. The van der Waals surface area contributed by atoms with Crippen molar-refractivity contribution in [3.8, 4) is 11.3 Å². The van der Waals surface area contributed by atoms with Gasteiger partial charge in [-0.15, -0.1) is 0 Å². The predicted molar refractivity (Wildman–Crippen MR) is 60.5 cm³/mol. The first kappa shape index (κ1) is 10.9. The lowest BCUT2D eigenvalue weighted by molar-refractivity contribution is 0.0525. The molecule has 2 rings (SSSR count). The van der Waals surface area contributed by atoms with E-state index in [-0.39, 0.29) is 5.97 Å². The second kappa shape index (κ2) is 4.49. The molecule has 0 radical (unpaired) electrons. The van der Waals surface area contributed by atoms with E-state index < -0.39 is 0 Å². The maximum absolute atomic E-state index is 11.7. The molecule has 0 aliphatic rings. The van der Waals surface area contributed by atoms with Gasteiger partial charge in [0.1, 0.15) is 17.0 Å². The smallest absolute Gasteiger partial charge is 0.344 e. The zero-order chi connectivity index (χ0) is 11.5. The Hall–Kier alpha value is -1.62. The van der Waals surface area contributed by atoms with Gasteiger partial charge < -0.3 is 9.26 Å². The highest BCUT2D eigenvalue weighted by atomic mass is 32.1. The van der Waals surface area contributed by atoms with Crippen LogP contribution in [0.5, 0.6) is 0 Å². The summed E-state index contributed by atoms with van der Waals surface area (Å²) in [6, 6.07) is 1.89. The number of carbonyl (C=O) groups is 1. The molecule has 0 aromatic carbocycles. The molecule has 2 aromatic heterocycles. The normalized spacial score (nSPS) is 10.4. The molecule has 0 unspecified atom stereocenters. The van der Waals surface area contributed by atoms with Crippen LogP contribution in [0.2, 0.25) is 0 Å². The summed E-state index contributed by atoms with van der Waals surface area (Å²) < 4.78 is 10.0. The first-order valence-corrected chi connectivity index (χ1v) is 5.84. The first-order valence-electron chi connectivity index (χ1n) is 4.90. The molecule has 0 amide bonds. The van der Waals surface area contributed by atoms with E-state index in [2.05, 4.69) is 5.16 Å². The molecule has 0 saturated heterocycles. The van der Waals surface area contributed by atoms with Crippen molar-refractivity contribution in [3.63, 3.8) is 0 Å². The zero-order valence-corrected chi connectivity index (χ0v) is 9.84. The van der Waals surface area contributed by atoms with Crippen molar-refractivity contribution in [1.82, 2.24) is 5.16 Å². The van der Waals surface area contributed by atoms with Crippen molar-refractivity contribution in [3.05, 3.63) is 28.2 Å². The highest BCUT2D eigenvalue weighted by molar-refractivity contribution is 7.08. The average molecular weight is 237 g/mol. The number of aromatic nitrogens is 1. The van der Waals surface area contributed by atoms with Gasteiger partial charge in [0.15, 0.2) is 0 Å². The summed E-state index contributed by atoms with van der Waals surface area (Å²) in [6.07, 6.45) is 0. The van der Waals surface area contributed by atoms with Crippen LogP contribution in [0.1, 0.15) is 23.0 Å². The maximum Gasteiger partial charge on any atom is 0.344 e. The van der Waals surface area contributed by atoms with E-state index in [1.807, 2.05) is 16.8 Å². The van der Waals surface area contributed by atoms with Gasteiger partial charge in [-0.1, -0.05) is 5.16 Å². The lowest BCUT2D eigenvalue weighted by Gasteiger charge is -2.00. The highest BCUT2D eigenvalue weighted by Gasteiger charge is 2.22. The molecule has 0 N–H and O–H groups in total. The van der Waals surface area contributed by atoms with E-state index in [0.29, 0.717) is 23.6 Å². The van der Waals surface area contributed by atoms with Gasteiger partial charge in [-0.05, 0) is 25.3 Å². The Kier molecular flexibility index (Phi) is 3.05. The van der Waals surface area contributed by atoms with Crippen LogP contribution in [0.4, 0.5) is 0 Å². The van der Waals surface area contributed by atoms with Gasteiger partial charge in [0.05, 0.1) is 6.61 Å². The Labute approximate surface area is 96.8 Å². The second-order valence-electron chi connectivity index (χ2n) is 3.19. The molecule has 0 bridgehead atoms. The van der Waals surface area contributed by atoms with Crippen LogP contribution in [0, 0.1) is 6.92 Å². The molecule has 0 fully saturated rings. The van der Waals surface area contributed by atoms with E-state index in [9.17, 15) is 4.79 Å². The third-order valence-electron chi connectivity index (χ3n) is 2.14. The molecular formula is C11H11NO3S. The molecule has 5 heteroatoms. The zero-order valence-electron chi connectivity index (χ0n) is 9.02. The van der Waals surface area contributed by atoms with Crippen molar-refractivity contribution in [1.29, 1.82) is 0 Å². The molecule has 16 heavy (non-hydrogen) atoms. The Bertz CT molecular complexity index is 487. The minimum Gasteiger partial charge on any atom is -0.462 e. The monoisotopic (exact) mass is 237 g/mol. The number of nitrogens with zero attached hydrogens (tertiary/aromatic N) is 1. The summed E-state index contributed by atoms with van der Waals surface area (Å²) in [7, 11) is 0. The largest absolute Gasteiger partial charge is 0.462 e. The van der Waals surface area contributed by atoms with Crippen molar-refractivity contribution < 1.29 is 14.1 Å². The van der Waals surface area contributed by atoms with Crippen molar-refractivity contribution in [2.45, 2.75) is 13.8 Å². The van der Waals surface area contributed by atoms with Gasteiger partial charge in [0.2, 0.25) is 0 Å². The van der Waals surface area contributed by atoms with Gasteiger partial charge in [-0.2, -0.15) is 11.3 Å². The number of aryl methyl sites for hydroxylation is 1. The van der Waals surface area contributed by atoms with E-state index in [1.165, 1.54) is 0 Å². The molecule has 0 aliphatic heterocycles. The molecule has 2 heterocycles. The average Bonchev–Trinajstić information content (AvgIpc) is 2.86. The van der Waals surface area contributed by atoms with Crippen molar-refractivity contribution >= 4 is 17.3 Å². The molecule has 4 nitrogen and oxygen atoms in total. The minimum absolute atomic E-state index is 0.340. The SMILES string of the molecule is CCOC(=O)c1c(-c2ccsc2)noc1C. The van der Waals surface area contributed by atoms with Crippen molar-refractivity contribution in [2.24, 2.45) is 0 Å². The second-order valence-corrected chi connectivity index (χ2v) is 3.97. The molecule has 84 valence electrons. The lowest BCUT2D eigenvalue weighted by Crippen LogP contribution is -2.06. The van der Waals surface area contributed by atoms with E-state index >= 15 is 0 Å². The van der Waals surface area contributed by atoms with Crippen LogP contribution < -0.4 is 0 Å². The summed E-state index contributed by atoms with van der Waals surface area (Å²) in [5.74, 6) is 0.0992. The molecule has 2 aromatic rings. The van der Waals surface area contributed by atoms with Gasteiger partial charge in [0.25, 0.3) is 0 Å². The number of carbonyl (C=O) groups excluding carboxylic acids is 1. The van der Waals surface area contributed by atoms with Crippen LogP contribution in [-0.4, -0.2) is 17.7 Å². The van der Waals surface area contributed by atoms with Gasteiger partial charge >= 0.3 is 5.97 Å². The highest BCUT2D eigenvalue weighted by Crippen LogP contribution is 2.27. The van der Waals surface area contributed by atoms with Crippen LogP contribution in [0.3, 0.4) is 0 Å². The predicted octanol–water partition coefficient (Wildman–Crippen LogP) is 2.89. The van der Waals surface area contributed by atoms with Gasteiger partial charge in [-0.25, -0.2) is 4.79 Å². The standard InChI is InChI=1S/C11H11NO3S/c1-3-14-11(13)9-7(2)15-12-10(9)8-4-5-16-6-8/h4-6H,3H2,1-2H3. The number of hydrogen-bond acceptors (Lipinski definition) is 5. The Balaban J connectivity index is 2.44. The first-order chi connectivity index (χ1) is 7.74. The summed E-state index contributed by atoms with van der Waals surface area (Å²) in [5.41, 5.74) is 1.85. The van der Waals surface area contributed by atoms with Gasteiger partial charge in [0, 0.05) is 10.9 Å².